The van der Waals surface area contributed by atoms with Gasteiger partial charge < -0.3 is 24.8 Å². The Labute approximate surface area is 133 Å². The van der Waals surface area contributed by atoms with E-state index in [0.717, 1.165) is 0 Å². The summed E-state index contributed by atoms with van der Waals surface area (Å²) in [5, 5.41) is 2.71. The third-order valence-corrected chi connectivity index (χ3v) is 2.47. The Hall–Kier alpha value is 0.540. The van der Waals surface area contributed by atoms with E-state index < -0.39 is 0 Å². The molecule has 0 aromatic heterocycles. The van der Waals surface area contributed by atoms with Crippen LogP contribution in [0.4, 0.5) is 0 Å². The molecule has 2 rings (SSSR count). The second-order valence-electron chi connectivity index (χ2n) is 3.23. The Balaban J connectivity index is 0. The van der Waals surface area contributed by atoms with Crippen molar-refractivity contribution in [3.8, 4) is 0 Å². The van der Waals surface area contributed by atoms with Gasteiger partial charge in [-0.2, -0.15) is 0 Å². The second kappa shape index (κ2) is 7.75. The summed E-state index contributed by atoms with van der Waals surface area (Å²) in [5.41, 5.74) is 2.77. The van der Waals surface area contributed by atoms with Gasteiger partial charge in [0, 0.05) is 0 Å². The Kier molecular flexibility index (Phi) is 9.26. The fourth-order valence-corrected chi connectivity index (χ4v) is 1.54. The minimum absolute atomic E-state index is 0. The summed E-state index contributed by atoms with van der Waals surface area (Å²) >= 11 is 0. The maximum Gasteiger partial charge on any atom is 2.00 e. The third kappa shape index (κ3) is 3.80. The molecule has 0 bridgehead atoms. The summed E-state index contributed by atoms with van der Waals surface area (Å²) in [7, 11) is 0. The van der Waals surface area contributed by atoms with Crippen LogP contribution < -0.4 is 24.8 Å². The van der Waals surface area contributed by atoms with Crippen LogP contribution in [0, 0.1) is 13.8 Å². The van der Waals surface area contributed by atoms with Crippen LogP contribution in [0.5, 0.6) is 0 Å². The van der Waals surface area contributed by atoms with Gasteiger partial charge in [-0.3, -0.25) is 0 Å². The molecule has 15 heavy (non-hydrogen) atoms. The molecule has 76 valence electrons. The molecule has 0 fully saturated rings. The fourth-order valence-electron chi connectivity index (χ4n) is 1.54. The van der Waals surface area contributed by atoms with E-state index in [1.54, 1.807) is 0 Å². The van der Waals surface area contributed by atoms with Crippen LogP contribution in [0.3, 0.4) is 0 Å². The maximum atomic E-state index is 2.18. The Morgan fingerprint density at radius 2 is 1.40 bits per heavy atom. The molecule has 0 saturated carbocycles. The first-order chi connectivity index (χ1) is 5.79. The standard InChI is InChI=1S/C12H12.Ca.2ClH/c1-9-7-8-11-5-3-4-6-12(11)10(9)2;;;/h3-8H,1-2H3;;2*1H/q;+2;;/p-2. The van der Waals surface area contributed by atoms with Crippen molar-refractivity contribution < 1.29 is 24.8 Å². The Bertz CT molecular complexity index is 427. The number of aryl methyl sites for hydroxylation is 2. The zero-order valence-electron chi connectivity index (χ0n) is 8.93. The van der Waals surface area contributed by atoms with Crippen LogP contribution >= 0.6 is 0 Å². The van der Waals surface area contributed by atoms with E-state index in [-0.39, 0.29) is 62.6 Å². The first-order valence-corrected chi connectivity index (χ1v) is 4.24. The molecule has 2 aromatic carbocycles. The molecular weight excluding hydrogens is 255 g/mol. The van der Waals surface area contributed by atoms with E-state index in [1.807, 2.05) is 0 Å². The normalized spacial score (nSPS) is 8.40. The van der Waals surface area contributed by atoms with Crippen LogP contribution in [-0.4, -0.2) is 37.7 Å². The van der Waals surface area contributed by atoms with Crippen molar-refractivity contribution in [1.29, 1.82) is 0 Å². The van der Waals surface area contributed by atoms with E-state index in [1.165, 1.54) is 21.9 Å². The van der Waals surface area contributed by atoms with Crippen LogP contribution in [0.1, 0.15) is 11.1 Å². The smallest absolute Gasteiger partial charge is 1.00 e. The largest absolute Gasteiger partial charge is 2.00 e. The van der Waals surface area contributed by atoms with Gasteiger partial charge in [0.25, 0.3) is 0 Å². The summed E-state index contributed by atoms with van der Waals surface area (Å²) < 4.78 is 0. The minimum atomic E-state index is 0. The predicted octanol–water partition coefficient (Wildman–Crippen LogP) is -2.92. The summed E-state index contributed by atoms with van der Waals surface area (Å²) in [6.07, 6.45) is 0. The van der Waals surface area contributed by atoms with E-state index in [0.29, 0.717) is 0 Å². The second-order valence-corrected chi connectivity index (χ2v) is 3.23. The van der Waals surface area contributed by atoms with Crippen molar-refractivity contribution >= 4 is 48.5 Å². The van der Waals surface area contributed by atoms with Gasteiger partial charge in [0.2, 0.25) is 0 Å². The third-order valence-electron chi connectivity index (χ3n) is 2.47. The van der Waals surface area contributed by atoms with Crippen molar-refractivity contribution in [2.75, 3.05) is 0 Å². The van der Waals surface area contributed by atoms with Gasteiger partial charge in [0.1, 0.15) is 0 Å². The van der Waals surface area contributed by atoms with Crippen molar-refractivity contribution in [1.82, 2.24) is 0 Å². The summed E-state index contributed by atoms with van der Waals surface area (Å²) in [6.45, 7) is 4.33. The molecule has 0 aliphatic carbocycles. The molecule has 0 saturated heterocycles. The Morgan fingerprint density at radius 1 is 0.800 bits per heavy atom. The molecule has 0 atom stereocenters. The predicted molar refractivity (Wildman–Crippen MR) is 59.2 cm³/mol. The number of halogens is 2. The van der Waals surface area contributed by atoms with E-state index in [9.17, 15) is 0 Å². The monoisotopic (exact) mass is 266 g/mol. The van der Waals surface area contributed by atoms with Crippen molar-refractivity contribution in [3.63, 3.8) is 0 Å². The topological polar surface area (TPSA) is 0 Å². The molecule has 2 aromatic rings. The molecular formula is C12H12CaCl2. The molecule has 0 aliphatic rings. The summed E-state index contributed by atoms with van der Waals surface area (Å²) in [4.78, 5) is 0. The molecule has 0 heterocycles. The quantitative estimate of drug-likeness (QED) is 0.449. The fraction of sp³-hybridized carbons (Fsp3) is 0.167. The molecule has 0 amide bonds. The number of hydrogen-bond acceptors (Lipinski definition) is 0. The van der Waals surface area contributed by atoms with Crippen molar-refractivity contribution in [2.45, 2.75) is 13.8 Å². The van der Waals surface area contributed by atoms with Crippen LogP contribution in [-0.2, 0) is 0 Å². The summed E-state index contributed by atoms with van der Waals surface area (Å²) in [6, 6.07) is 12.9. The van der Waals surface area contributed by atoms with Crippen LogP contribution in [0.2, 0.25) is 0 Å². The van der Waals surface area contributed by atoms with E-state index in [2.05, 4.69) is 50.2 Å². The molecule has 0 radical (unpaired) electrons. The van der Waals surface area contributed by atoms with Gasteiger partial charge in [-0.1, -0.05) is 36.4 Å². The number of rotatable bonds is 0. The molecule has 0 N–H and O–H groups in total. The number of fused-ring (bicyclic) bond motifs is 1. The van der Waals surface area contributed by atoms with Gasteiger partial charge in [0.15, 0.2) is 0 Å². The first-order valence-electron chi connectivity index (χ1n) is 4.24. The van der Waals surface area contributed by atoms with E-state index >= 15 is 0 Å². The average molecular weight is 267 g/mol. The SMILES string of the molecule is Cc1ccc2ccccc2c1C.[Ca+2].[Cl-].[Cl-]. The van der Waals surface area contributed by atoms with Crippen LogP contribution in [0.25, 0.3) is 10.8 Å². The molecule has 0 nitrogen and oxygen atoms in total. The van der Waals surface area contributed by atoms with Gasteiger partial charge >= 0.3 is 37.7 Å². The average Bonchev–Trinajstić information content (AvgIpc) is 2.12. The van der Waals surface area contributed by atoms with Gasteiger partial charge in [0.05, 0.1) is 0 Å². The maximum absolute atomic E-state index is 2.18. The first kappa shape index (κ1) is 17.9. The van der Waals surface area contributed by atoms with Crippen molar-refractivity contribution in [2.24, 2.45) is 0 Å². The minimum Gasteiger partial charge on any atom is -1.00 e. The van der Waals surface area contributed by atoms with Gasteiger partial charge in [-0.25, -0.2) is 0 Å². The zero-order chi connectivity index (χ0) is 8.55. The number of hydrogen-bond donors (Lipinski definition) is 0. The van der Waals surface area contributed by atoms with Crippen LogP contribution in [0.15, 0.2) is 36.4 Å². The molecule has 0 unspecified atom stereocenters. The summed E-state index contributed by atoms with van der Waals surface area (Å²) in [5.74, 6) is 0. The Morgan fingerprint density at radius 3 is 2.07 bits per heavy atom. The van der Waals surface area contributed by atoms with Gasteiger partial charge in [-0.15, -0.1) is 0 Å². The van der Waals surface area contributed by atoms with Crippen molar-refractivity contribution in [3.05, 3.63) is 47.5 Å². The van der Waals surface area contributed by atoms with E-state index in [4.69, 9.17) is 0 Å². The molecule has 3 heteroatoms. The zero-order valence-corrected chi connectivity index (χ0v) is 12.6. The molecule has 0 aliphatic heterocycles. The number of benzene rings is 2. The van der Waals surface area contributed by atoms with Gasteiger partial charge in [-0.05, 0) is 35.7 Å². The molecule has 0 spiro atoms.